The van der Waals surface area contributed by atoms with Gasteiger partial charge in [0.2, 0.25) is 0 Å². The molecule has 5 nitrogen and oxygen atoms in total. The molecule has 0 aliphatic heterocycles. The smallest absolute Gasteiger partial charge is 0.872 e. The van der Waals surface area contributed by atoms with Crippen molar-refractivity contribution in [3.8, 4) is 17.2 Å². The van der Waals surface area contributed by atoms with Crippen LogP contribution in [0.25, 0.3) is 0 Å². The summed E-state index contributed by atoms with van der Waals surface area (Å²) in [6, 6.07) is 10.4. The van der Waals surface area contributed by atoms with Crippen LogP contribution < -0.4 is 61.2 Å². The zero-order valence-corrected chi connectivity index (χ0v) is 18.5. The average molecular weight is 389 g/mol. The third-order valence-electron chi connectivity index (χ3n) is 3.66. The fourth-order valence-electron chi connectivity index (χ4n) is 2.47. The summed E-state index contributed by atoms with van der Waals surface area (Å²) in [4.78, 5) is -0.285. The van der Waals surface area contributed by atoms with E-state index >= 15 is 0 Å². The number of aryl methyl sites for hydroxylation is 1. The van der Waals surface area contributed by atoms with E-state index in [0.29, 0.717) is 12.0 Å². The summed E-state index contributed by atoms with van der Waals surface area (Å²) in [6.45, 7) is 2.11. The van der Waals surface area contributed by atoms with E-state index in [4.69, 9.17) is 4.74 Å². The van der Waals surface area contributed by atoms with Crippen LogP contribution >= 0.6 is 0 Å². The molecular weight excluding hydrogens is 367 g/mol. The Labute approximate surface area is 191 Å². The molecular formula is C18H21KO5S. The van der Waals surface area contributed by atoms with Crippen molar-refractivity contribution < 1.29 is 74.2 Å². The van der Waals surface area contributed by atoms with Gasteiger partial charge in [-0.25, -0.2) is 0 Å². The van der Waals surface area contributed by atoms with E-state index < -0.39 is 10.1 Å². The van der Waals surface area contributed by atoms with Crippen LogP contribution in [-0.2, 0) is 16.5 Å². The second-order valence-electron chi connectivity index (χ2n) is 5.61. The minimum absolute atomic E-state index is 0. The zero-order valence-electron chi connectivity index (χ0n) is 14.6. The summed E-state index contributed by atoms with van der Waals surface area (Å²) in [5.74, 6) is 0.0943. The van der Waals surface area contributed by atoms with Gasteiger partial charge in [-0.2, -0.15) is 8.42 Å². The molecule has 130 valence electrons. The molecule has 2 aromatic rings. The maximum absolute atomic E-state index is 11.7. The molecule has 0 aliphatic carbocycles. The molecule has 0 saturated heterocycles. The maximum atomic E-state index is 11.7. The molecule has 2 rings (SSSR count). The topological polar surface area (TPSA) is 86.7 Å². The van der Waals surface area contributed by atoms with E-state index in [0.717, 1.165) is 25.7 Å². The van der Waals surface area contributed by atoms with E-state index in [1.807, 2.05) is 0 Å². The fraction of sp³-hybridized carbons (Fsp3) is 0.333. The molecule has 1 N–H and O–H groups in total. The molecule has 2 aromatic carbocycles. The van der Waals surface area contributed by atoms with Crippen molar-refractivity contribution in [2.45, 2.75) is 43.9 Å². The Morgan fingerprint density at radius 3 is 2.44 bits per heavy atom. The third-order valence-corrected chi connectivity index (χ3v) is 4.54. The first-order chi connectivity index (χ1) is 11.4. The quantitative estimate of drug-likeness (QED) is 0.413. The Bertz CT molecular complexity index is 790. The summed E-state index contributed by atoms with van der Waals surface area (Å²) in [7, 11) is -4.42. The number of rotatable bonds is 8. The summed E-state index contributed by atoms with van der Waals surface area (Å²) in [6.07, 6.45) is 4.76. The number of para-hydroxylation sites is 1. The largest absolute Gasteiger partial charge is 1.00 e. The van der Waals surface area contributed by atoms with E-state index in [-0.39, 0.29) is 73.5 Å². The van der Waals surface area contributed by atoms with Crippen LogP contribution in [-0.4, -0.2) is 13.0 Å². The van der Waals surface area contributed by atoms with E-state index in [2.05, 4.69) is 6.92 Å². The molecule has 0 saturated carbocycles. The van der Waals surface area contributed by atoms with Crippen molar-refractivity contribution >= 4 is 10.1 Å². The van der Waals surface area contributed by atoms with Gasteiger partial charge in [-0.05, 0) is 36.6 Å². The Morgan fingerprint density at radius 2 is 1.80 bits per heavy atom. The molecule has 0 atom stereocenters. The molecule has 0 bridgehead atoms. The van der Waals surface area contributed by atoms with Gasteiger partial charge in [-0.15, -0.1) is 5.75 Å². The molecule has 0 unspecified atom stereocenters. The second kappa shape index (κ2) is 10.7. The Morgan fingerprint density at radius 1 is 1.08 bits per heavy atom. The molecule has 7 heteroatoms. The van der Waals surface area contributed by atoms with E-state index in [1.165, 1.54) is 24.3 Å². The Kier molecular flexibility index (Phi) is 9.65. The first-order valence-corrected chi connectivity index (χ1v) is 9.40. The molecule has 0 radical (unpaired) electrons. The summed E-state index contributed by atoms with van der Waals surface area (Å²) in [5, 5.41) is 11.4. The van der Waals surface area contributed by atoms with Gasteiger partial charge in [-0.3, -0.25) is 4.55 Å². The van der Waals surface area contributed by atoms with Crippen LogP contribution in [0.3, 0.4) is 0 Å². The summed E-state index contributed by atoms with van der Waals surface area (Å²) in [5.41, 5.74) is 0.692. The van der Waals surface area contributed by atoms with Crippen LogP contribution in [0.4, 0.5) is 0 Å². The van der Waals surface area contributed by atoms with Crippen molar-refractivity contribution in [1.29, 1.82) is 0 Å². The zero-order chi connectivity index (χ0) is 17.6. The van der Waals surface area contributed by atoms with Gasteiger partial charge in [0.25, 0.3) is 10.1 Å². The van der Waals surface area contributed by atoms with Gasteiger partial charge < -0.3 is 9.84 Å². The number of ether oxygens (including phenoxy) is 1. The number of benzene rings is 2. The molecule has 0 heterocycles. The number of hydrogen-bond donors (Lipinski definition) is 1. The first kappa shape index (κ1) is 22.6. The number of unbranched alkanes of at least 4 members (excludes halogenated alkanes) is 3. The van der Waals surface area contributed by atoms with Crippen LogP contribution in [0.5, 0.6) is 17.2 Å². The Hall–Kier alpha value is -0.414. The van der Waals surface area contributed by atoms with Crippen LogP contribution in [0, 0.1) is 0 Å². The van der Waals surface area contributed by atoms with Gasteiger partial charge in [0, 0.05) is 0 Å². The standard InChI is InChI=1S/C18H22O5S.K/c1-2-3-4-5-8-14-9-6-12-17(24(20,21)22)18(14)23-16-11-7-10-15(19)13-16;/h6-7,9-13,19H,2-5,8H2,1H3,(H,20,21,22);/q;+1/p-1. The molecule has 0 aromatic heterocycles. The van der Waals surface area contributed by atoms with Crippen molar-refractivity contribution in [2.24, 2.45) is 0 Å². The number of hydrogen-bond acceptors (Lipinski definition) is 4. The van der Waals surface area contributed by atoms with Crippen LogP contribution in [0.15, 0.2) is 47.4 Å². The normalized spacial score (nSPS) is 11.0. The summed E-state index contributed by atoms with van der Waals surface area (Å²) < 4.78 is 38.4. The van der Waals surface area contributed by atoms with Gasteiger partial charge in [-0.1, -0.05) is 50.5 Å². The van der Waals surface area contributed by atoms with E-state index in [1.54, 1.807) is 18.2 Å². The van der Waals surface area contributed by atoms with Crippen LogP contribution in [0.2, 0.25) is 0 Å². The SMILES string of the molecule is CCCCCCc1cccc(S(=O)(=O)O)c1Oc1cccc([O-])c1.[K+]. The van der Waals surface area contributed by atoms with E-state index in [9.17, 15) is 18.1 Å². The van der Waals surface area contributed by atoms with Crippen LogP contribution in [0.1, 0.15) is 38.2 Å². The van der Waals surface area contributed by atoms with Crippen molar-refractivity contribution in [3.05, 3.63) is 48.0 Å². The minimum atomic E-state index is -4.42. The first-order valence-electron chi connectivity index (χ1n) is 7.96. The summed E-state index contributed by atoms with van der Waals surface area (Å²) >= 11 is 0. The predicted molar refractivity (Wildman–Crippen MR) is 90.1 cm³/mol. The second-order valence-corrected chi connectivity index (χ2v) is 7.00. The molecule has 0 fully saturated rings. The third kappa shape index (κ3) is 7.01. The fourth-order valence-corrected chi connectivity index (χ4v) is 3.13. The van der Waals surface area contributed by atoms with Crippen molar-refractivity contribution in [1.82, 2.24) is 0 Å². The predicted octanol–water partition coefficient (Wildman–Crippen LogP) is 0.926. The minimum Gasteiger partial charge on any atom is -0.872 e. The van der Waals surface area contributed by atoms with Crippen molar-refractivity contribution in [3.63, 3.8) is 0 Å². The van der Waals surface area contributed by atoms with Crippen molar-refractivity contribution in [2.75, 3.05) is 0 Å². The monoisotopic (exact) mass is 388 g/mol. The Balaban J connectivity index is 0.00000312. The van der Waals surface area contributed by atoms with Gasteiger partial charge in [0.15, 0.2) is 5.75 Å². The van der Waals surface area contributed by atoms with Gasteiger partial charge in [0.05, 0.1) is 0 Å². The van der Waals surface area contributed by atoms with Gasteiger partial charge >= 0.3 is 51.4 Å². The molecule has 0 aliphatic rings. The maximum Gasteiger partial charge on any atom is 1.00 e. The molecule has 0 amide bonds. The average Bonchev–Trinajstić information content (AvgIpc) is 2.51. The van der Waals surface area contributed by atoms with Gasteiger partial charge in [0.1, 0.15) is 10.6 Å². The molecule has 25 heavy (non-hydrogen) atoms. The molecule has 0 spiro atoms.